The molecule has 28 heavy (non-hydrogen) atoms. The summed E-state index contributed by atoms with van der Waals surface area (Å²) in [5.41, 5.74) is -3.94. The van der Waals surface area contributed by atoms with Gasteiger partial charge in [-0.15, -0.1) is 0 Å². The van der Waals surface area contributed by atoms with Gasteiger partial charge >= 0.3 is 0 Å². The number of nitrogens with zero attached hydrogens (tertiary/aromatic N) is 3. The molecule has 0 radical (unpaired) electrons. The van der Waals surface area contributed by atoms with Crippen LogP contribution < -0.4 is 0 Å². The molecular formula is C20H16F2N4O2. The van der Waals surface area contributed by atoms with E-state index in [2.05, 4.69) is 6.07 Å². The monoisotopic (exact) mass is 382 g/mol. The van der Waals surface area contributed by atoms with Crippen LogP contribution in [0.1, 0.15) is 43.8 Å². The lowest BCUT2D eigenvalue weighted by molar-refractivity contribution is -0.285. The molecule has 0 spiro atoms. The molecule has 2 aliphatic heterocycles. The van der Waals surface area contributed by atoms with Crippen LogP contribution in [-0.2, 0) is 9.47 Å². The minimum atomic E-state index is -2.14. The SMILES string of the molecule is N#CC1(C#N)C(c2ccc(F)c(F)c2)OC23CCCCCC2C1(C#N)C(=N)O3. The highest BCUT2D eigenvalue weighted by atomic mass is 19.2. The van der Waals surface area contributed by atoms with Gasteiger partial charge in [-0.3, -0.25) is 5.41 Å². The van der Waals surface area contributed by atoms with E-state index in [0.717, 1.165) is 31.4 Å². The van der Waals surface area contributed by atoms with Crippen molar-refractivity contribution in [2.75, 3.05) is 0 Å². The second-order valence-electron chi connectivity index (χ2n) is 7.52. The second kappa shape index (κ2) is 5.99. The molecule has 3 fully saturated rings. The summed E-state index contributed by atoms with van der Waals surface area (Å²) in [6, 6.07) is 8.85. The molecule has 3 aliphatic rings. The summed E-state index contributed by atoms with van der Waals surface area (Å²) in [6.07, 6.45) is 1.82. The van der Waals surface area contributed by atoms with Crippen molar-refractivity contribution in [3.05, 3.63) is 35.4 Å². The molecule has 2 heterocycles. The van der Waals surface area contributed by atoms with Crippen LogP contribution in [0.5, 0.6) is 0 Å². The fraction of sp³-hybridized carbons (Fsp3) is 0.500. The van der Waals surface area contributed by atoms with E-state index in [0.29, 0.717) is 12.8 Å². The Morgan fingerprint density at radius 1 is 1.04 bits per heavy atom. The van der Waals surface area contributed by atoms with Crippen molar-refractivity contribution in [2.45, 2.75) is 44.0 Å². The van der Waals surface area contributed by atoms with Crippen molar-refractivity contribution in [2.24, 2.45) is 16.7 Å². The molecule has 4 rings (SSSR count). The molecule has 0 amide bonds. The van der Waals surface area contributed by atoms with Gasteiger partial charge in [0.2, 0.25) is 17.1 Å². The number of hydrogen-bond acceptors (Lipinski definition) is 6. The highest BCUT2D eigenvalue weighted by Gasteiger charge is 2.80. The maximum absolute atomic E-state index is 13.9. The zero-order valence-corrected chi connectivity index (χ0v) is 14.8. The Kier molecular flexibility index (Phi) is 3.93. The average molecular weight is 382 g/mol. The fourth-order valence-electron chi connectivity index (χ4n) is 5.01. The third-order valence-corrected chi connectivity index (χ3v) is 6.31. The van der Waals surface area contributed by atoms with Crippen molar-refractivity contribution in [3.8, 4) is 18.2 Å². The van der Waals surface area contributed by atoms with E-state index in [1.165, 1.54) is 6.07 Å². The normalized spacial score (nSPS) is 35.5. The van der Waals surface area contributed by atoms with Gasteiger partial charge in [-0.2, -0.15) is 15.8 Å². The van der Waals surface area contributed by atoms with Crippen molar-refractivity contribution in [1.29, 1.82) is 21.2 Å². The Bertz CT molecular complexity index is 977. The topological polar surface area (TPSA) is 114 Å². The molecule has 142 valence electrons. The Hall–Kier alpha value is -3.02. The molecule has 8 heteroatoms. The maximum atomic E-state index is 13.9. The second-order valence-corrected chi connectivity index (χ2v) is 7.52. The first-order valence-electron chi connectivity index (χ1n) is 9.05. The largest absolute Gasteiger partial charge is 0.447 e. The predicted molar refractivity (Wildman–Crippen MR) is 90.0 cm³/mol. The van der Waals surface area contributed by atoms with Gasteiger partial charge in [0.1, 0.15) is 6.10 Å². The lowest BCUT2D eigenvalue weighted by atomic mass is 9.52. The number of ether oxygens (including phenoxy) is 2. The summed E-state index contributed by atoms with van der Waals surface area (Å²) < 4.78 is 39.3. The first kappa shape index (κ1) is 18.3. The van der Waals surface area contributed by atoms with Crippen LogP contribution in [0.4, 0.5) is 8.78 Å². The number of nitrogens with one attached hydrogen (secondary N) is 1. The maximum Gasteiger partial charge on any atom is 0.217 e. The lowest BCUT2D eigenvalue weighted by Crippen LogP contribution is -2.59. The number of hydrogen-bond donors (Lipinski definition) is 1. The van der Waals surface area contributed by atoms with Crippen molar-refractivity contribution in [1.82, 2.24) is 0 Å². The third kappa shape index (κ3) is 1.97. The van der Waals surface area contributed by atoms with Gasteiger partial charge in [-0.1, -0.05) is 18.9 Å². The van der Waals surface area contributed by atoms with E-state index in [1.54, 1.807) is 0 Å². The molecule has 0 aromatic heterocycles. The molecule has 1 N–H and O–H groups in total. The van der Waals surface area contributed by atoms with Gasteiger partial charge in [-0.05, 0) is 30.5 Å². The van der Waals surface area contributed by atoms with Gasteiger partial charge in [0.05, 0.1) is 24.1 Å². The van der Waals surface area contributed by atoms with Gasteiger partial charge in [0, 0.05) is 6.42 Å². The van der Waals surface area contributed by atoms with Crippen molar-refractivity contribution in [3.63, 3.8) is 0 Å². The van der Waals surface area contributed by atoms with Crippen molar-refractivity contribution >= 4 is 5.90 Å². The summed E-state index contributed by atoms with van der Waals surface area (Å²) in [6.45, 7) is 0. The molecule has 4 unspecified atom stereocenters. The molecule has 1 aromatic rings. The zero-order chi connectivity index (χ0) is 20.2. The summed E-state index contributed by atoms with van der Waals surface area (Å²) >= 11 is 0. The van der Waals surface area contributed by atoms with Crippen LogP contribution in [0.15, 0.2) is 18.2 Å². The van der Waals surface area contributed by atoms with Crippen molar-refractivity contribution < 1.29 is 18.3 Å². The Balaban J connectivity index is 2.00. The summed E-state index contributed by atoms with van der Waals surface area (Å²) in [7, 11) is 0. The van der Waals surface area contributed by atoms with Crippen LogP contribution in [0.25, 0.3) is 0 Å². The molecule has 1 aromatic carbocycles. The lowest BCUT2D eigenvalue weighted by Gasteiger charge is -2.49. The number of halogens is 2. The van der Waals surface area contributed by atoms with Crippen LogP contribution in [-0.4, -0.2) is 11.7 Å². The number of benzene rings is 1. The van der Waals surface area contributed by atoms with Crippen LogP contribution in [0.2, 0.25) is 0 Å². The van der Waals surface area contributed by atoms with E-state index in [-0.39, 0.29) is 5.56 Å². The highest BCUT2D eigenvalue weighted by Crippen LogP contribution is 2.68. The Morgan fingerprint density at radius 3 is 2.43 bits per heavy atom. The molecule has 2 saturated heterocycles. The number of rotatable bonds is 1. The van der Waals surface area contributed by atoms with Crippen LogP contribution >= 0.6 is 0 Å². The first-order valence-corrected chi connectivity index (χ1v) is 9.05. The van der Waals surface area contributed by atoms with Gasteiger partial charge < -0.3 is 9.47 Å². The summed E-state index contributed by atoms with van der Waals surface area (Å²) in [5, 5.41) is 38.7. The van der Waals surface area contributed by atoms with E-state index < -0.39 is 46.2 Å². The van der Waals surface area contributed by atoms with E-state index in [1.807, 2.05) is 12.1 Å². The Labute approximate surface area is 160 Å². The summed E-state index contributed by atoms with van der Waals surface area (Å²) in [5.74, 6) is -4.70. The smallest absolute Gasteiger partial charge is 0.217 e. The molecule has 2 bridgehead atoms. The van der Waals surface area contributed by atoms with Crippen LogP contribution in [0, 0.1) is 67.8 Å². The standard InChI is InChI=1S/C20H16F2N4O2/c21-13-6-5-12(8-14(13)22)16-18(9-23,10-24)19(11-25)15-4-2-1-3-7-20(15,27-16)28-17(19)26/h5-6,8,15-16,26H,1-4,7H2. The Morgan fingerprint density at radius 2 is 1.79 bits per heavy atom. The quantitative estimate of drug-likeness (QED) is 0.792. The summed E-state index contributed by atoms with van der Waals surface area (Å²) in [4.78, 5) is 0. The molecule has 6 nitrogen and oxygen atoms in total. The van der Waals surface area contributed by atoms with E-state index >= 15 is 0 Å². The molecule has 4 atom stereocenters. The molecule has 1 saturated carbocycles. The molecule has 1 aliphatic carbocycles. The van der Waals surface area contributed by atoms with Crippen LogP contribution in [0.3, 0.4) is 0 Å². The molecular weight excluding hydrogens is 366 g/mol. The predicted octanol–water partition coefficient (Wildman–Crippen LogP) is 3.86. The van der Waals surface area contributed by atoms with Gasteiger partial charge in [-0.25, -0.2) is 8.78 Å². The van der Waals surface area contributed by atoms with E-state index in [9.17, 15) is 24.6 Å². The zero-order valence-electron chi connectivity index (χ0n) is 14.8. The minimum Gasteiger partial charge on any atom is -0.447 e. The third-order valence-electron chi connectivity index (χ3n) is 6.31. The van der Waals surface area contributed by atoms with E-state index in [4.69, 9.17) is 14.9 Å². The van der Waals surface area contributed by atoms with Gasteiger partial charge in [0.25, 0.3) is 0 Å². The fourth-order valence-corrected chi connectivity index (χ4v) is 5.01. The minimum absolute atomic E-state index is 0.0574. The average Bonchev–Trinajstić information content (AvgIpc) is 2.82. The highest BCUT2D eigenvalue weighted by molar-refractivity contribution is 5.89. The first-order chi connectivity index (χ1) is 13.4. The van der Waals surface area contributed by atoms with Gasteiger partial charge in [0.15, 0.2) is 17.0 Å². The number of nitriles is 3.